The van der Waals surface area contributed by atoms with Crippen LogP contribution in [0.1, 0.15) is 0 Å². The van der Waals surface area contributed by atoms with Gasteiger partial charge in [-0.15, -0.1) is 10.8 Å². The van der Waals surface area contributed by atoms with E-state index in [1.54, 1.807) is 16.7 Å². The van der Waals surface area contributed by atoms with E-state index in [4.69, 9.17) is 15.9 Å². The molecule has 0 saturated heterocycles. The zero-order valence-corrected chi connectivity index (χ0v) is 16.1. The van der Waals surface area contributed by atoms with Crippen LogP contribution in [-0.2, 0) is 16.6 Å². The fourth-order valence-electron chi connectivity index (χ4n) is 2.52. The van der Waals surface area contributed by atoms with Gasteiger partial charge >= 0.3 is 0 Å². The molecule has 9 heteroatoms. The number of aromatic nitrogens is 1. The molecule has 0 fully saturated rings. The minimum atomic E-state index is -4.06. The number of sulfonamides is 1. The summed E-state index contributed by atoms with van der Waals surface area (Å²) in [5, 5.41) is 0. The molecule has 0 aliphatic heterocycles. The second-order valence-corrected chi connectivity index (χ2v) is 7.92. The van der Waals surface area contributed by atoms with E-state index in [-0.39, 0.29) is 16.2 Å². The van der Waals surface area contributed by atoms with Crippen LogP contribution < -0.4 is 14.3 Å². The molecule has 0 aliphatic carbocycles. The van der Waals surface area contributed by atoms with E-state index in [1.807, 2.05) is 0 Å². The molecule has 3 aromatic rings. The smallest absolute Gasteiger partial charge is 0.285 e. The van der Waals surface area contributed by atoms with Crippen LogP contribution in [0, 0.1) is 18.2 Å². The Balaban J connectivity index is 2.33. The van der Waals surface area contributed by atoms with E-state index >= 15 is 0 Å². The summed E-state index contributed by atoms with van der Waals surface area (Å²) in [5.41, 5.74) is 0.591. The number of halogens is 1. The lowest BCUT2D eigenvalue weighted by molar-refractivity contribution is 0.409. The maximum absolute atomic E-state index is 13.1. The van der Waals surface area contributed by atoms with Crippen LogP contribution in [0.3, 0.4) is 0 Å². The summed E-state index contributed by atoms with van der Waals surface area (Å²) in [7, 11) is -1.04. The van der Waals surface area contributed by atoms with Gasteiger partial charge in [0.1, 0.15) is 27.5 Å². The Morgan fingerprint density at radius 3 is 2.37 bits per heavy atom. The quantitative estimate of drug-likeness (QED) is 0.611. The Kier molecular flexibility index (Phi) is 5.21. The highest BCUT2D eigenvalue weighted by atomic mass is 32.2. The average molecular weight is 406 g/mol. The number of benzene rings is 2. The summed E-state index contributed by atoms with van der Waals surface area (Å²) in [5.74, 6) is 3.01. The molecule has 27 heavy (non-hydrogen) atoms. The van der Waals surface area contributed by atoms with Gasteiger partial charge in [-0.3, -0.25) is 0 Å². The monoisotopic (exact) mass is 406 g/mol. The van der Waals surface area contributed by atoms with Crippen molar-refractivity contribution in [2.24, 2.45) is 4.40 Å². The topological polar surface area (TPSA) is 69.9 Å². The fraction of sp³-hybridized carbons (Fsp3) is 0.167. The first-order valence-electron chi connectivity index (χ1n) is 7.65. The standard InChI is InChI=1S/C18H15FN2O4S2/c1-4-11-21-16-14(24-2)9-10-15(25-3)17(16)26-18(21)20-27(22,23)13-7-5-12(19)6-8-13/h1,5-10H,11H2,2-3H3/b20-18-. The van der Waals surface area contributed by atoms with Crippen molar-refractivity contribution >= 4 is 31.6 Å². The molecule has 0 amide bonds. The highest BCUT2D eigenvalue weighted by Gasteiger charge is 2.18. The normalized spacial score (nSPS) is 12.1. The first-order chi connectivity index (χ1) is 12.9. The maximum atomic E-state index is 13.1. The molecular weight excluding hydrogens is 391 g/mol. The molecule has 0 atom stereocenters. The van der Waals surface area contributed by atoms with Crippen molar-refractivity contribution < 1.29 is 22.3 Å². The van der Waals surface area contributed by atoms with Gasteiger partial charge in [0.25, 0.3) is 10.0 Å². The van der Waals surface area contributed by atoms with Gasteiger partial charge in [0.2, 0.25) is 4.80 Å². The summed E-state index contributed by atoms with van der Waals surface area (Å²) in [6, 6.07) is 7.88. The van der Waals surface area contributed by atoms with Crippen molar-refractivity contribution in [2.75, 3.05) is 14.2 Å². The third-order valence-corrected chi connectivity index (χ3v) is 6.24. The number of hydrogen-bond acceptors (Lipinski definition) is 5. The van der Waals surface area contributed by atoms with Gasteiger partial charge < -0.3 is 14.0 Å². The van der Waals surface area contributed by atoms with Gasteiger partial charge in [0, 0.05) is 0 Å². The van der Waals surface area contributed by atoms with E-state index in [2.05, 4.69) is 10.3 Å². The zero-order chi connectivity index (χ0) is 19.6. The van der Waals surface area contributed by atoms with Crippen molar-refractivity contribution in [3.8, 4) is 23.8 Å². The molecule has 1 heterocycles. The van der Waals surface area contributed by atoms with Crippen LogP contribution >= 0.6 is 11.3 Å². The average Bonchev–Trinajstić information content (AvgIpc) is 2.99. The number of hydrogen-bond donors (Lipinski definition) is 0. The Morgan fingerprint density at radius 1 is 1.15 bits per heavy atom. The molecule has 2 aromatic carbocycles. The second kappa shape index (κ2) is 7.42. The van der Waals surface area contributed by atoms with Gasteiger partial charge in [-0.1, -0.05) is 17.3 Å². The van der Waals surface area contributed by atoms with Crippen LogP contribution in [0.4, 0.5) is 4.39 Å². The Morgan fingerprint density at radius 2 is 1.78 bits per heavy atom. The van der Waals surface area contributed by atoms with E-state index in [1.165, 1.54) is 14.2 Å². The fourth-order valence-corrected chi connectivity index (χ4v) is 4.87. The SMILES string of the molecule is C#CCn1/c(=N/S(=O)(=O)c2ccc(F)cc2)sc2c(OC)ccc(OC)c21. The highest BCUT2D eigenvalue weighted by molar-refractivity contribution is 7.90. The van der Waals surface area contributed by atoms with E-state index in [0.717, 1.165) is 35.6 Å². The van der Waals surface area contributed by atoms with Crippen molar-refractivity contribution in [1.29, 1.82) is 0 Å². The van der Waals surface area contributed by atoms with Crippen LogP contribution in [0.15, 0.2) is 45.7 Å². The summed E-state index contributed by atoms with van der Waals surface area (Å²) in [4.78, 5) is 0.0441. The second-order valence-electron chi connectivity index (χ2n) is 5.34. The molecule has 1 aromatic heterocycles. The van der Waals surface area contributed by atoms with Crippen LogP contribution in [-0.4, -0.2) is 27.2 Å². The van der Waals surface area contributed by atoms with Crippen molar-refractivity contribution in [2.45, 2.75) is 11.4 Å². The van der Waals surface area contributed by atoms with Gasteiger partial charge in [-0.25, -0.2) is 4.39 Å². The van der Waals surface area contributed by atoms with Gasteiger partial charge in [0.05, 0.1) is 25.7 Å². The number of methoxy groups -OCH3 is 2. The number of fused-ring (bicyclic) bond motifs is 1. The largest absolute Gasteiger partial charge is 0.495 e. The summed E-state index contributed by atoms with van der Waals surface area (Å²) >= 11 is 1.11. The molecule has 0 spiro atoms. The van der Waals surface area contributed by atoms with Crippen LogP contribution in [0.5, 0.6) is 11.5 Å². The highest BCUT2D eigenvalue weighted by Crippen LogP contribution is 2.35. The van der Waals surface area contributed by atoms with Crippen LogP contribution in [0.2, 0.25) is 0 Å². The van der Waals surface area contributed by atoms with Gasteiger partial charge in [0.15, 0.2) is 0 Å². The van der Waals surface area contributed by atoms with E-state index in [0.29, 0.717) is 21.7 Å². The van der Waals surface area contributed by atoms with E-state index in [9.17, 15) is 12.8 Å². The predicted octanol–water partition coefficient (Wildman–Crippen LogP) is 2.78. The molecule has 0 saturated carbocycles. The molecule has 3 rings (SSSR count). The summed E-state index contributed by atoms with van der Waals surface area (Å²) < 4.78 is 55.3. The molecule has 0 bridgehead atoms. The molecule has 0 unspecified atom stereocenters. The molecular formula is C18H15FN2O4S2. The lowest BCUT2D eigenvalue weighted by Crippen LogP contribution is -2.17. The summed E-state index contributed by atoms with van der Waals surface area (Å²) in [6.45, 7) is 0.0846. The summed E-state index contributed by atoms with van der Waals surface area (Å²) in [6.07, 6.45) is 5.46. The third kappa shape index (κ3) is 3.54. The van der Waals surface area contributed by atoms with Gasteiger partial charge in [-0.05, 0) is 36.4 Å². The minimum Gasteiger partial charge on any atom is -0.495 e. The predicted molar refractivity (Wildman–Crippen MR) is 101 cm³/mol. The first kappa shape index (κ1) is 18.9. The van der Waals surface area contributed by atoms with Gasteiger partial charge in [-0.2, -0.15) is 8.42 Å². The number of nitrogens with zero attached hydrogens (tertiary/aromatic N) is 2. The number of ether oxygens (including phenoxy) is 2. The zero-order valence-electron chi connectivity index (χ0n) is 14.5. The maximum Gasteiger partial charge on any atom is 0.285 e. The van der Waals surface area contributed by atoms with E-state index < -0.39 is 15.8 Å². The lowest BCUT2D eigenvalue weighted by Gasteiger charge is -2.08. The minimum absolute atomic E-state index is 0.0846. The van der Waals surface area contributed by atoms with Crippen molar-refractivity contribution in [3.05, 3.63) is 47.0 Å². The molecule has 0 radical (unpaired) electrons. The van der Waals surface area contributed by atoms with Crippen molar-refractivity contribution in [1.82, 2.24) is 4.57 Å². The number of terminal acetylenes is 1. The lowest BCUT2D eigenvalue weighted by atomic mass is 10.3. The Hall–Kier alpha value is -2.83. The molecule has 140 valence electrons. The number of thiazole rings is 1. The first-order valence-corrected chi connectivity index (χ1v) is 9.91. The third-order valence-electron chi connectivity index (χ3n) is 3.75. The molecule has 6 nitrogen and oxygen atoms in total. The Labute approximate surface area is 159 Å². The molecule has 0 N–H and O–H groups in total. The Bertz CT molecular complexity index is 1200. The molecule has 0 aliphatic rings. The number of rotatable bonds is 5. The van der Waals surface area contributed by atoms with Crippen LogP contribution in [0.25, 0.3) is 10.2 Å². The van der Waals surface area contributed by atoms with Crippen molar-refractivity contribution in [3.63, 3.8) is 0 Å².